The Kier molecular flexibility index (Phi) is 4.73. The first kappa shape index (κ1) is 13.7. The number of aryl methyl sites for hydroxylation is 1. The zero-order chi connectivity index (χ0) is 13.0. The number of hydrogen-bond acceptors (Lipinski definition) is 3. The summed E-state index contributed by atoms with van der Waals surface area (Å²) in [5.74, 6) is 0.448. The zero-order valence-corrected chi connectivity index (χ0v) is 11.4. The van der Waals surface area contributed by atoms with Gasteiger partial charge in [-0.2, -0.15) is 4.98 Å². The summed E-state index contributed by atoms with van der Waals surface area (Å²) in [6.45, 7) is 10.5. The quantitative estimate of drug-likeness (QED) is 0.792. The van der Waals surface area contributed by atoms with Crippen molar-refractivity contribution in [2.75, 3.05) is 11.4 Å². The molecule has 17 heavy (non-hydrogen) atoms. The third kappa shape index (κ3) is 3.58. The van der Waals surface area contributed by atoms with Gasteiger partial charge in [-0.05, 0) is 12.8 Å². The van der Waals surface area contributed by atoms with Gasteiger partial charge < -0.3 is 4.42 Å². The molecule has 0 aromatic carbocycles. The van der Waals surface area contributed by atoms with E-state index < -0.39 is 0 Å². The van der Waals surface area contributed by atoms with Crippen LogP contribution >= 0.6 is 0 Å². The molecule has 1 aromatic heterocycles. The van der Waals surface area contributed by atoms with Crippen molar-refractivity contribution in [2.45, 2.75) is 41.0 Å². The second-order valence-corrected chi connectivity index (χ2v) is 4.89. The molecule has 96 valence electrons. The highest BCUT2D eigenvalue weighted by atomic mass is 16.4. The average molecular weight is 238 g/mol. The Balaban J connectivity index is 2.90. The third-order valence-corrected chi connectivity index (χ3v) is 2.79. The van der Waals surface area contributed by atoms with Gasteiger partial charge in [0.05, 0.1) is 5.69 Å². The van der Waals surface area contributed by atoms with Gasteiger partial charge in [0.25, 0.3) is 0 Å². The van der Waals surface area contributed by atoms with Crippen molar-refractivity contribution < 1.29 is 9.21 Å². The zero-order valence-electron chi connectivity index (χ0n) is 11.4. The maximum atomic E-state index is 12.1. The molecule has 0 unspecified atom stereocenters. The Labute approximate surface area is 103 Å². The highest BCUT2D eigenvalue weighted by Gasteiger charge is 2.24. The molecule has 0 bridgehead atoms. The van der Waals surface area contributed by atoms with Gasteiger partial charge in [0.15, 0.2) is 0 Å². The summed E-state index contributed by atoms with van der Waals surface area (Å²) in [4.78, 5) is 18.0. The molecule has 4 heteroatoms. The minimum atomic E-state index is -0.0498. The molecule has 0 fully saturated rings. The van der Waals surface area contributed by atoms with Crippen molar-refractivity contribution in [2.24, 2.45) is 11.8 Å². The molecule has 1 aromatic rings. The van der Waals surface area contributed by atoms with Gasteiger partial charge in [-0.15, -0.1) is 0 Å². The lowest BCUT2D eigenvalue weighted by molar-refractivity contribution is -0.121. The molecular weight excluding hydrogens is 216 g/mol. The molecule has 4 nitrogen and oxygen atoms in total. The monoisotopic (exact) mass is 238 g/mol. The molecule has 0 spiro atoms. The first-order valence-electron chi connectivity index (χ1n) is 6.19. The summed E-state index contributed by atoms with van der Waals surface area (Å²) in [7, 11) is 0. The second-order valence-electron chi connectivity index (χ2n) is 4.89. The number of anilines is 1. The van der Waals surface area contributed by atoms with Crippen molar-refractivity contribution in [3.63, 3.8) is 0 Å². The van der Waals surface area contributed by atoms with Crippen molar-refractivity contribution >= 4 is 11.9 Å². The molecule has 0 radical (unpaired) electrons. The molecule has 0 aliphatic carbocycles. The number of carbonyl (C=O) groups is 1. The van der Waals surface area contributed by atoms with E-state index in [2.05, 4.69) is 18.8 Å². The molecule has 1 amide bonds. The summed E-state index contributed by atoms with van der Waals surface area (Å²) >= 11 is 0. The van der Waals surface area contributed by atoms with Gasteiger partial charge in [-0.25, -0.2) is 0 Å². The molecule has 0 aliphatic rings. The van der Waals surface area contributed by atoms with Crippen LogP contribution in [0.2, 0.25) is 0 Å². The number of aromatic nitrogens is 1. The minimum Gasteiger partial charge on any atom is -0.431 e. The van der Waals surface area contributed by atoms with E-state index in [0.717, 1.165) is 12.1 Å². The smallest absolute Gasteiger partial charge is 0.304 e. The summed E-state index contributed by atoms with van der Waals surface area (Å²) in [6.07, 6.45) is 2.61. The van der Waals surface area contributed by atoms with Crippen LogP contribution in [0.15, 0.2) is 10.7 Å². The molecule has 0 aliphatic heterocycles. The molecule has 1 rings (SSSR count). The van der Waals surface area contributed by atoms with Crippen LogP contribution in [0.5, 0.6) is 0 Å². The first-order valence-corrected chi connectivity index (χ1v) is 6.19. The van der Waals surface area contributed by atoms with Gasteiger partial charge in [0.2, 0.25) is 5.91 Å². The molecule has 0 saturated carbocycles. The molecular formula is C13H22N2O2. The van der Waals surface area contributed by atoms with E-state index in [9.17, 15) is 4.79 Å². The topological polar surface area (TPSA) is 46.3 Å². The predicted molar refractivity (Wildman–Crippen MR) is 67.9 cm³/mol. The number of carbonyl (C=O) groups excluding carboxylic acids is 1. The summed E-state index contributed by atoms with van der Waals surface area (Å²) < 4.78 is 5.34. The fourth-order valence-electron chi connectivity index (χ4n) is 1.48. The lowest BCUT2D eigenvalue weighted by Crippen LogP contribution is -2.37. The Hall–Kier alpha value is -1.32. The predicted octanol–water partition coefficient (Wildman–Crippen LogP) is 3.02. The average Bonchev–Trinajstić information content (AvgIpc) is 2.71. The van der Waals surface area contributed by atoms with Crippen LogP contribution < -0.4 is 4.90 Å². The van der Waals surface area contributed by atoms with E-state index >= 15 is 0 Å². The van der Waals surface area contributed by atoms with Crippen molar-refractivity contribution in [1.29, 1.82) is 0 Å². The minimum absolute atomic E-state index is 0.0498. The molecule has 0 N–H and O–H groups in total. The Morgan fingerprint density at radius 2 is 2.12 bits per heavy atom. The highest BCUT2D eigenvalue weighted by Crippen LogP contribution is 2.18. The van der Waals surface area contributed by atoms with Crippen LogP contribution in [0.3, 0.4) is 0 Å². The molecule has 1 atom stereocenters. The summed E-state index contributed by atoms with van der Waals surface area (Å²) in [5, 5.41) is 0. The van der Waals surface area contributed by atoms with Gasteiger partial charge in [0, 0.05) is 12.5 Å². The van der Waals surface area contributed by atoms with E-state index in [1.807, 2.05) is 20.8 Å². The number of rotatable bonds is 5. The second kappa shape index (κ2) is 5.84. The van der Waals surface area contributed by atoms with E-state index in [1.165, 1.54) is 0 Å². The van der Waals surface area contributed by atoms with Crippen LogP contribution in [0.4, 0.5) is 6.01 Å². The summed E-state index contributed by atoms with van der Waals surface area (Å²) in [6, 6.07) is 0.418. The van der Waals surface area contributed by atoms with Crippen LogP contribution in [-0.4, -0.2) is 17.4 Å². The SMILES string of the molecule is CC[C@H](C)CN(C(=O)C(C)C)c1nc(C)co1. The standard InChI is InChI=1S/C13H22N2O2/c1-6-10(4)7-15(12(16)9(2)3)13-14-11(5)8-17-13/h8-10H,6-7H2,1-5H3/t10-/m0/s1. The number of nitrogens with zero attached hydrogens (tertiary/aromatic N) is 2. The number of oxazole rings is 1. The van der Waals surface area contributed by atoms with Crippen LogP contribution in [0, 0.1) is 18.8 Å². The van der Waals surface area contributed by atoms with Crippen LogP contribution in [-0.2, 0) is 4.79 Å². The van der Waals surface area contributed by atoms with E-state index in [0.29, 0.717) is 18.5 Å². The van der Waals surface area contributed by atoms with Crippen molar-refractivity contribution in [3.05, 3.63) is 12.0 Å². The maximum absolute atomic E-state index is 12.1. The normalized spacial score (nSPS) is 12.8. The summed E-state index contributed by atoms with van der Waals surface area (Å²) in [5.41, 5.74) is 0.797. The van der Waals surface area contributed by atoms with E-state index in [-0.39, 0.29) is 11.8 Å². The van der Waals surface area contributed by atoms with Crippen LogP contribution in [0.25, 0.3) is 0 Å². The highest BCUT2D eigenvalue weighted by molar-refractivity contribution is 5.92. The third-order valence-electron chi connectivity index (χ3n) is 2.79. The Morgan fingerprint density at radius 1 is 1.47 bits per heavy atom. The van der Waals surface area contributed by atoms with Crippen molar-refractivity contribution in [1.82, 2.24) is 4.98 Å². The van der Waals surface area contributed by atoms with Crippen LogP contribution in [0.1, 0.15) is 39.8 Å². The molecule has 0 saturated heterocycles. The lowest BCUT2D eigenvalue weighted by Gasteiger charge is -2.23. The first-order chi connectivity index (χ1) is 7.95. The van der Waals surface area contributed by atoms with Gasteiger partial charge in [-0.3, -0.25) is 9.69 Å². The van der Waals surface area contributed by atoms with E-state index in [1.54, 1.807) is 11.2 Å². The lowest BCUT2D eigenvalue weighted by atomic mass is 10.1. The number of hydrogen-bond donors (Lipinski definition) is 0. The van der Waals surface area contributed by atoms with E-state index in [4.69, 9.17) is 4.42 Å². The largest absolute Gasteiger partial charge is 0.431 e. The van der Waals surface area contributed by atoms with Crippen molar-refractivity contribution in [3.8, 4) is 0 Å². The fraction of sp³-hybridized carbons (Fsp3) is 0.692. The fourth-order valence-corrected chi connectivity index (χ4v) is 1.48. The molecule has 1 heterocycles. The van der Waals surface area contributed by atoms with Gasteiger partial charge >= 0.3 is 6.01 Å². The van der Waals surface area contributed by atoms with Gasteiger partial charge in [-0.1, -0.05) is 34.1 Å². The maximum Gasteiger partial charge on any atom is 0.304 e. The Bertz CT molecular complexity index is 371. The van der Waals surface area contributed by atoms with Gasteiger partial charge in [0.1, 0.15) is 6.26 Å². The Morgan fingerprint density at radius 3 is 2.53 bits per heavy atom. The number of amides is 1.